The third kappa shape index (κ3) is 1.93. The molecule has 0 bridgehead atoms. The molecule has 0 radical (unpaired) electrons. The van der Waals surface area contributed by atoms with Crippen LogP contribution in [-0.2, 0) is 14.3 Å². The van der Waals surface area contributed by atoms with Crippen LogP contribution in [0.4, 0.5) is 5.82 Å². The minimum atomic E-state index is -1.24. The Balaban J connectivity index is 1.66. The average Bonchev–Trinajstić information content (AvgIpc) is 3.05. The van der Waals surface area contributed by atoms with Crippen LogP contribution in [0.1, 0.15) is 19.6 Å². The van der Waals surface area contributed by atoms with Crippen LogP contribution in [0.5, 0.6) is 0 Å². The molecule has 128 valence electrons. The highest BCUT2D eigenvalue weighted by atomic mass is 16.6. The zero-order chi connectivity index (χ0) is 17.1. The van der Waals surface area contributed by atoms with Crippen molar-refractivity contribution in [2.75, 3.05) is 12.3 Å². The predicted octanol–water partition coefficient (Wildman–Crippen LogP) is -1.02. The van der Waals surface area contributed by atoms with Gasteiger partial charge in [0.25, 0.3) is 0 Å². The number of esters is 1. The Bertz CT molecular complexity index is 810. The van der Waals surface area contributed by atoms with Gasteiger partial charge in [0.15, 0.2) is 17.7 Å². The molecule has 24 heavy (non-hydrogen) atoms. The fraction of sp³-hybridized carbons (Fsp3) is 0.571. The van der Waals surface area contributed by atoms with Crippen LogP contribution in [0.2, 0.25) is 0 Å². The number of aliphatic hydroxyl groups is 2. The Kier molecular flexibility index (Phi) is 3.24. The number of ether oxygens (including phenoxy) is 2. The van der Waals surface area contributed by atoms with Crippen molar-refractivity contribution in [2.45, 2.75) is 37.4 Å². The molecule has 2 unspecified atom stereocenters. The largest absolute Gasteiger partial charge is 0.466 e. The highest BCUT2D eigenvalue weighted by Crippen LogP contribution is 2.58. The van der Waals surface area contributed by atoms with Crippen molar-refractivity contribution in [3.05, 3.63) is 12.7 Å². The summed E-state index contributed by atoms with van der Waals surface area (Å²) in [4.78, 5) is 24.0. The Morgan fingerprint density at radius 1 is 1.50 bits per heavy atom. The molecule has 10 heteroatoms. The van der Waals surface area contributed by atoms with E-state index in [4.69, 9.17) is 15.2 Å². The SMILES string of the molecule is CCOC(=O)[C@H]1C[C@]12O[C@@H](n1cnc3c(N)ncnc31)C(O)C2O. The maximum atomic E-state index is 11.9. The van der Waals surface area contributed by atoms with Crippen LogP contribution < -0.4 is 5.73 Å². The van der Waals surface area contributed by atoms with E-state index < -0.39 is 35.9 Å². The number of anilines is 1. The molecule has 2 aromatic heterocycles. The second-order valence-electron chi connectivity index (χ2n) is 5.99. The van der Waals surface area contributed by atoms with E-state index in [1.165, 1.54) is 17.2 Å². The number of fused-ring (bicyclic) bond motifs is 1. The van der Waals surface area contributed by atoms with E-state index in [1.807, 2.05) is 0 Å². The first-order valence-electron chi connectivity index (χ1n) is 7.63. The second-order valence-corrected chi connectivity index (χ2v) is 5.99. The number of nitrogens with two attached hydrogens (primary N) is 1. The summed E-state index contributed by atoms with van der Waals surface area (Å²) in [5.41, 5.74) is 5.37. The van der Waals surface area contributed by atoms with Gasteiger partial charge in [0, 0.05) is 0 Å². The number of hydrogen-bond donors (Lipinski definition) is 3. The zero-order valence-electron chi connectivity index (χ0n) is 12.9. The maximum Gasteiger partial charge on any atom is 0.312 e. The first kappa shape index (κ1) is 15.2. The van der Waals surface area contributed by atoms with Crippen molar-refractivity contribution >= 4 is 23.0 Å². The van der Waals surface area contributed by atoms with E-state index >= 15 is 0 Å². The number of nitrogen functional groups attached to an aromatic ring is 1. The molecule has 1 saturated carbocycles. The molecule has 2 aromatic rings. The summed E-state index contributed by atoms with van der Waals surface area (Å²) in [7, 11) is 0. The van der Waals surface area contributed by atoms with Crippen LogP contribution in [0.25, 0.3) is 11.2 Å². The molecule has 4 rings (SSSR count). The number of rotatable bonds is 3. The van der Waals surface area contributed by atoms with E-state index in [9.17, 15) is 15.0 Å². The third-order valence-corrected chi connectivity index (χ3v) is 4.64. The normalized spacial score (nSPS) is 34.8. The minimum Gasteiger partial charge on any atom is -0.466 e. The minimum absolute atomic E-state index is 0.206. The quantitative estimate of drug-likeness (QED) is 0.600. The van der Waals surface area contributed by atoms with Gasteiger partial charge in [-0.1, -0.05) is 0 Å². The number of hydrogen-bond acceptors (Lipinski definition) is 9. The molecule has 1 spiro atoms. The van der Waals surface area contributed by atoms with Gasteiger partial charge in [0.2, 0.25) is 0 Å². The number of imidazole rings is 1. The fourth-order valence-corrected chi connectivity index (χ4v) is 3.33. The summed E-state index contributed by atoms with van der Waals surface area (Å²) in [5, 5.41) is 20.8. The van der Waals surface area contributed by atoms with Gasteiger partial charge in [-0.15, -0.1) is 0 Å². The number of carbonyl (C=O) groups excluding carboxylic acids is 1. The van der Waals surface area contributed by atoms with Gasteiger partial charge < -0.3 is 25.4 Å². The number of carbonyl (C=O) groups is 1. The Morgan fingerprint density at radius 3 is 3.04 bits per heavy atom. The summed E-state index contributed by atoms with van der Waals surface area (Å²) < 4.78 is 12.3. The first-order valence-corrected chi connectivity index (χ1v) is 7.63. The lowest BCUT2D eigenvalue weighted by molar-refractivity contribution is -0.148. The first-order chi connectivity index (χ1) is 11.5. The van der Waals surface area contributed by atoms with Crippen molar-refractivity contribution in [2.24, 2.45) is 5.92 Å². The number of aromatic nitrogens is 4. The van der Waals surface area contributed by atoms with E-state index in [1.54, 1.807) is 6.92 Å². The van der Waals surface area contributed by atoms with E-state index in [-0.39, 0.29) is 12.4 Å². The number of aliphatic hydroxyl groups excluding tert-OH is 2. The molecule has 1 saturated heterocycles. The zero-order valence-corrected chi connectivity index (χ0v) is 12.9. The molecular weight excluding hydrogens is 318 g/mol. The van der Waals surface area contributed by atoms with Crippen LogP contribution >= 0.6 is 0 Å². The lowest BCUT2D eigenvalue weighted by atomic mass is 10.1. The molecule has 1 aliphatic heterocycles. The van der Waals surface area contributed by atoms with Gasteiger partial charge >= 0.3 is 5.97 Å². The molecule has 2 fully saturated rings. The van der Waals surface area contributed by atoms with Gasteiger partial charge in [-0.2, -0.15) is 0 Å². The highest BCUT2D eigenvalue weighted by molar-refractivity contribution is 5.81. The van der Waals surface area contributed by atoms with Crippen molar-refractivity contribution in [1.82, 2.24) is 19.5 Å². The molecule has 4 N–H and O–H groups in total. The molecule has 5 atom stereocenters. The van der Waals surface area contributed by atoms with Gasteiger partial charge in [0.1, 0.15) is 29.7 Å². The molecule has 0 amide bonds. The van der Waals surface area contributed by atoms with Crippen LogP contribution in [0.3, 0.4) is 0 Å². The van der Waals surface area contributed by atoms with Crippen LogP contribution in [-0.4, -0.2) is 60.1 Å². The topological polar surface area (TPSA) is 146 Å². The highest BCUT2D eigenvalue weighted by Gasteiger charge is 2.72. The summed E-state index contributed by atoms with van der Waals surface area (Å²) >= 11 is 0. The van der Waals surface area contributed by atoms with Crippen LogP contribution in [0.15, 0.2) is 12.7 Å². The monoisotopic (exact) mass is 335 g/mol. The molecule has 3 heterocycles. The maximum absolute atomic E-state index is 11.9. The van der Waals surface area contributed by atoms with Gasteiger partial charge in [0.05, 0.1) is 18.9 Å². The summed E-state index contributed by atoms with van der Waals surface area (Å²) in [6, 6.07) is 0. The molecule has 0 aromatic carbocycles. The second kappa shape index (κ2) is 5.10. The third-order valence-electron chi connectivity index (χ3n) is 4.64. The van der Waals surface area contributed by atoms with Gasteiger partial charge in [-0.3, -0.25) is 9.36 Å². The average molecular weight is 335 g/mol. The Labute approximate surface area is 136 Å². The van der Waals surface area contributed by atoms with Crippen molar-refractivity contribution < 1.29 is 24.5 Å². The van der Waals surface area contributed by atoms with Crippen LogP contribution in [0, 0.1) is 5.92 Å². The lowest BCUT2D eigenvalue weighted by Crippen LogP contribution is -2.35. The van der Waals surface area contributed by atoms with Crippen molar-refractivity contribution in [1.29, 1.82) is 0 Å². The molecule has 2 aliphatic rings. The Hall–Kier alpha value is -2.30. The standard InChI is InChI=1S/C14H17N5O5/c1-2-23-13(22)6-3-14(6)9(21)8(20)12(24-14)19-5-18-7-10(15)16-4-17-11(7)19/h4-6,8-9,12,20-21H,2-3H2,1H3,(H2,15,16,17)/t6-,8?,9?,12-,14+/m1/s1. The molecular formula is C14H17N5O5. The lowest BCUT2D eigenvalue weighted by Gasteiger charge is -2.16. The summed E-state index contributed by atoms with van der Waals surface area (Å²) in [6.45, 7) is 1.95. The van der Waals surface area contributed by atoms with Crippen molar-refractivity contribution in [3.63, 3.8) is 0 Å². The van der Waals surface area contributed by atoms with E-state index in [0.29, 0.717) is 17.6 Å². The van der Waals surface area contributed by atoms with E-state index in [0.717, 1.165) is 0 Å². The smallest absolute Gasteiger partial charge is 0.312 e. The predicted molar refractivity (Wildman–Crippen MR) is 79.3 cm³/mol. The fourth-order valence-electron chi connectivity index (χ4n) is 3.33. The van der Waals surface area contributed by atoms with Gasteiger partial charge in [-0.25, -0.2) is 15.0 Å². The van der Waals surface area contributed by atoms with Gasteiger partial charge in [-0.05, 0) is 13.3 Å². The summed E-state index contributed by atoms with van der Waals surface area (Å²) in [6.07, 6.45) is -0.395. The van der Waals surface area contributed by atoms with E-state index in [2.05, 4.69) is 15.0 Å². The number of nitrogens with zero attached hydrogens (tertiary/aromatic N) is 4. The van der Waals surface area contributed by atoms with Crippen molar-refractivity contribution in [3.8, 4) is 0 Å². The Morgan fingerprint density at radius 2 is 2.29 bits per heavy atom. The summed E-state index contributed by atoms with van der Waals surface area (Å²) in [5.74, 6) is -0.828. The molecule has 1 aliphatic carbocycles. The molecule has 10 nitrogen and oxygen atoms in total.